The lowest BCUT2D eigenvalue weighted by Gasteiger charge is -2.09. The molecular weight excluding hydrogens is 188 g/mol. The van der Waals surface area contributed by atoms with Crippen molar-refractivity contribution in [2.24, 2.45) is 0 Å². The number of aromatic nitrogens is 2. The Bertz CT molecular complexity index is 471. The number of hydrogen-bond donors (Lipinski definition) is 1. The molecule has 0 spiro atoms. The number of imidazole rings is 1. The van der Waals surface area contributed by atoms with E-state index in [1.807, 2.05) is 28.8 Å². The van der Waals surface area contributed by atoms with E-state index < -0.39 is 6.10 Å². The average Bonchev–Trinajstić information content (AvgIpc) is 2.56. The number of nitrogens with zero attached hydrogens (tertiary/aromatic N) is 2. The zero-order valence-corrected chi connectivity index (χ0v) is 9.31. The summed E-state index contributed by atoms with van der Waals surface area (Å²) in [6, 6.07) is 5.86. The Labute approximate surface area is 89.4 Å². The largest absolute Gasteiger partial charge is 0.387 e. The van der Waals surface area contributed by atoms with Crippen LogP contribution in [0.5, 0.6) is 0 Å². The first-order valence-corrected chi connectivity index (χ1v) is 5.26. The van der Waals surface area contributed by atoms with E-state index in [4.69, 9.17) is 0 Å². The summed E-state index contributed by atoms with van der Waals surface area (Å²) < 4.78 is 1.96. The summed E-state index contributed by atoms with van der Waals surface area (Å²) in [4.78, 5) is 4.54. The second kappa shape index (κ2) is 3.66. The van der Waals surface area contributed by atoms with Crippen LogP contribution in [-0.4, -0.2) is 14.5 Å². The Morgan fingerprint density at radius 3 is 2.60 bits per heavy atom. The van der Waals surface area contributed by atoms with E-state index in [-0.39, 0.29) is 0 Å². The third-order valence-corrected chi connectivity index (χ3v) is 2.54. The molecule has 0 aromatic carbocycles. The van der Waals surface area contributed by atoms with Crippen molar-refractivity contribution >= 4 is 5.65 Å². The molecule has 3 nitrogen and oxygen atoms in total. The van der Waals surface area contributed by atoms with Gasteiger partial charge in [0.15, 0.2) is 0 Å². The van der Waals surface area contributed by atoms with E-state index in [1.165, 1.54) is 0 Å². The smallest absolute Gasteiger partial charge is 0.137 e. The molecule has 1 N–H and O–H groups in total. The molecule has 2 aromatic rings. The lowest BCUT2D eigenvalue weighted by Crippen LogP contribution is -2.02. The van der Waals surface area contributed by atoms with Crippen LogP contribution in [0.1, 0.15) is 44.2 Å². The number of fused-ring (bicyclic) bond motifs is 1. The van der Waals surface area contributed by atoms with Gasteiger partial charge in [-0.3, -0.25) is 0 Å². The fourth-order valence-electron chi connectivity index (χ4n) is 1.87. The number of aliphatic hydroxyl groups excluding tert-OH is 1. The van der Waals surface area contributed by atoms with Crippen molar-refractivity contribution in [2.75, 3.05) is 0 Å². The molecule has 0 saturated heterocycles. The molecule has 0 amide bonds. The van der Waals surface area contributed by atoms with Gasteiger partial charge in [-0.05, 0) is 25.0 Å². The van der Waals surface area contributed by atoms with Gasteiger partial charge < -0.3 is 9.51 Å². The van der Waals surface area contributed by atoms with Gasteiger partial charge in [0.05, 0.1) is 17.5 Å². The molecule has 0 radical (unpaired) electrons. The maximum Gasteiger partial charge on any atom is 0.137 e. The minimum Gasteiger partial charge on any atom is -0.387 e. The van der Waals surface area contributed by atoms with Gasteiger partial charge >= 0.3 is 0 Å². The maximum absolute atomic E-state index is 9.78. The molecule has 80 valence electrons. The molecule has 1 unspecified atom stereocenters. The summed E-state index contributed by atoms with van der Waals surface area (Å²) in [5.41, 5.74) is 2.79. The zero-order valence-electron chi connectivity index (χ0n) is 9.31. The lowest BCUT2D eigenvalue weighted by molar-refractivity contribution is 0.191. The van der Waals surface area contributed by atoms with Crippen LogP contribution in [0.2, 0.25) is 0 Å². The highest BCUT2D eigenvalue weighted by Crippen LogP contribution is 2.25. The minimum atomic E-state index is -0.486. The molecule has 2 aromatic heterocycles. The number of hydrogen-bond acceptors (Lipinski definition) is 2. The molecule has 2 rings (SSSR count). The van der Waals surface area contributed by atoms with E-state index >= 15 is 0 Å². The first kappa shape index (κ1) is 10.2. The van der Waals surface area contributed by atoms with Crippen LogP contribution in [0.4, 0.5) is 0 Å². The van der Waals surface area contributed by atoms with Gasteiger partial charge in [0.25, 0.3) is 0 Å². The van der Waals surface area contributed by atoms with Gasteiger partial charge in [-0.2, -0.15) is 0 Å². The summed E-state index contributed by atoms with van der Waals surface area (Å²) in [5, 5.41) is 9.78. The van der Waals surface area contributed by atoms with Crippen LogP contribution in [0.25, 0.3) is 5.65 Å². The zero-order chi connectivity index (χ0) is 11.0. The van der Waals surface area contributed by atoms with Crippen molar-refractivity contribution in [3.05, 3.63) is 35.8 Å². The Balaban J connectivity index is 2.75. The van der Waals surface area contributed by atoms with Crippen molar-refractivity contribution in [1.82, 2.24) is 9.38 Å². The van der Waals surface area contributed by atoms with E-state index in [0.717, 1.165) is 17.0 Å². The number of rotatable bonds is 2. The van der Waals surface area contributed by atoms with E-state index in [9.17, 15) is 5.11 Å². The molecule has 0 saturated carbocycles. The highest BCUT2D eigenvalue weighted by molar-refractivity contribution is 5.44. The molecule has 0 fully saturated rings. The minimum absolute atomic E-state index is 0.328. The molecule has 0 aliphatic carbocycles. The molecule has 2 heterocycles. The predicted octanol–water partition coefficient (Wildman–Crippen LogP) is 2.51. The first-order valence-electron chi connectivity index (χ1n) is 5.26. The van der Waals surface area contributed by atoms with Crippen molar-refractivity contribution in [3.8, 4) is 0 Å². The van der Waals surface area contributed by atoms with Crippen LogP contribution in [-0.2, 0) is 0 Å². The van der Waals surface area contributed by atoms with Gasteiger partial charge in [0.1, 0.15) is 5.65 Å². The molecule has 0 aliphatic rings. The summed E-state index contributed by atoms with van der Waals surface area (Å²) in [6.45, 7) is 5.96. The van der Waals surface area contributed by atoms with Crippen molar-refractivity contribution in [2.45, 2.75) is 32.8 Å². The van der Waals surface area contributed by atoms with E-state index in [1.54, 1.807) is 6.92 Å². The van der Waals surface area contributed by atoms with E-state index in [2.05, 4.69) is 18.8 Å². The molecule has 0 bridgehead atoms. The van der Waals surface area contributed by atoms with Gasteiger partial charge in [0, 0.05) is 6.20 Å². The van der Waals surface area contributed by atoms with Gasteiger partial charge in [-0.15, -0.1) is 0 Å². The van der Waals surface area contributed by atoms with Crippen molar-refractivity contribution in [1.29, 1.82) is 0 Å². The number of aliphatic hydroxyl groups is 1. The first-order chi connectivity index (χ1) is 7.11. The van der Waals surface area contributed by atoms with Crippen LogP contribution < -0.4 is 0 Å². The van der Waals surface area contributed by atoms with E-state index in [0.29, 0.717) is 5.92 Å². The predicted molar refractivity (Wildman–Crippen MR) is 59.9 cm³/mol. The van der Waals surface area contributed by atoms with Gasteiger partial charge in [0.2, 0.25) is 0 Å². The Hall–Kier alpha value is -1.35. The van der Waals surface area contributed by atoms with Crippen molar-refractivity contribution < 1.29 is 5.11 Å². The summed E-state index contributed by atoms with van der Waals surface area (Å²) in [5.74, 6) is 0.328. The van der Waals surface area contributed by atoms with Crippen molar-refractivity contribution in [3.63, 3.8) is 0 Å². The maximum atomic E-state index is 9.78. The van der Waals surface area contributed by atoms with Crippen LogP contribution in [0, 0.1) is 0 Å². The normalized spacial score (nSPS) is 13.7. The third-order valence-electron chi connectivity index (χ3n) is 2.54. The summed E-state index contributed by atoms with van der Waals surface area (Å²) >= 11 is 0. The second-order valence-electron chi connectivity index (χ2n) is 4.14. The molecular formula is C12H16N2O. The average molecular weight is 204 g/mol. The number of pyridine rings is 1. The van der Waals surface area contributed by atoms with Crippen LogP contribution in [0.15, 0.2) is 24.4 Å². The lowest BCUT2D eigenvalue weighted by atomic mass is 10.1. The molecule has 15 heavy (non-hydrogen) atoms. The topological polar surface area (TPSA) is 37.5 Å². The SMILES string of the molecule is CC(C)c1nc2ccccn2c1C(C)O. The second-order valence-corrected chi connectivity index (χ2v) is 4.14. The Morgan fingerprint density at radius 1 is 1.27 bits per heavy atom. The van der Waals surface area contributed by atoms with Crippen LogP contribution in [0.3, 0.4) is 0 Å². The fourth-order valence-corrected chi connectivity index (χ4v) is 1.87. The monoisotopic (exact) mass is 204 g/mol. The van der Waals surface area contributed by atoms with Crippen LogP contribution >= 0.6 is 0 Å². The molecule has 0 aliphatic heterocycles. The third kappa shape index (κ3) is 1.63. The fraction of sp³-hybridized carbons (Fsp3) is 0.417. The van der Waals surface area contributed by atoms with Gasteiger partial charge in [-0.25, -0.2) is 4.98 Å². The Kier molecular flexibility index (Phi) is 2.49. The summed E-state index contributed by atoms with van der Waals surface area (Å²) in [7, 11) is 0. The quantitative estimate of drug-likeness (QED) is 0.816. The highest BCUT2D eigenvalue weighted by atomic mass is 16.3. The Morgan fingerprint density at radius 2 is 2.00 bits per heavy atom. The molecule has 3 heteroatoms. The highest BCUT2D eigenvalue weighted by Gasteiger charge is 2.17. The standard InChI is InChI=1S/C12H16N2O/c1-8(2)11-12(9(3)15)14-7-5-4-6-10(14)13-11/h4-9,15H,1-3H3. The summed E-state index contributed by atoms with van der Waals surface area (Å²) in [6.07, 6.45) is 1.45. The molecule has 1 atom stereocenters. The van der Waals surface area contributed by atoms with Gasteiger partial charge in [-0.1, -0.05) is 19.9 Å².